The van der Waals surface area contributed by atoms with Crippen LogP contribution < -0.4 is 10.1 Å². The highest BCUT2D eigenvalue weighted by atomic mass is 16.6. The number of para-hydroxylation sites is 1. The fourth-order valence-electron chi connectivity index (χ4n) is 3.49. The summed E-state index contributed by atoms with van der Waals surface area (Å²) in [7, 11) is 1.55. The normalized spacial score (nSPS) is 11.5. The number of esters is 1. The van der Waals surface area contributed by atoms with Crippen molar-refractivity contribution >= 4 is 12.1 Å². The lowest BCUT2D eigenvalue weighted by atomic mass is 10.2. The number of hydrogen-bond donors (Lipinski definition) is 1. The lowest BCUT2D eigenvalue weighted by molar-refractivity contribution is 0.0383. The smallest absolute Gasteiger partial charge is 0.407 e. The number of nitrogens with zero attached hydrogens (tertiary/aromatic N) is 3. The summed E-state index contributed by atoms with van der Waals surface area (Å²) < 4.78 is 23.1. The first-order chi connectivity index (χ1) is 18.0. The predicted molar refractivity (Wildman–Crippen MR) is 136 cm³/mol. The molecule has 0 aliphatic rings. The van der Waals surface area contributed by atoms with Crippen LogP contribution in [0.4, 0.5) is 4.79 Å². The van der Waals surface area contributed by atoms with E-state index >= 15 is 0 Å². The number of nitrogens with one attached hydrogen (secondary N) is 1. The van der Waals surface area contributed by atoms with Gasteiger partial charge in [0.1, 0.15) is 24.0 Å². The van der Waals surface area contributed by atoms with Crippen LogP contribution in [-0.4, -0.2) is 60.1 Å². The van der Waals surface area contributed by atoms with Gasteiger partial charge < -0.3 is 24.3 Å². The molecule has 1 aromatic heterocycles. The fourth-order valence-corrected chi connectivity index (χ4v) is 3.49. The Balaban J connectivity index is 1.33. The summed E-state index contributed by atoms with van der Waals surface area (Å²) in [6.07, 6.45) is 3.11. The van der Waals surface area contributed by atoms with Gasteiger partial charge in [-0.2, -0.15) is 0 Å². The summed E-state index contributed by atoms with van der Waals surface area (Å²) in [5, 5.41) is 11.1. The zero-order valence-electron chi connectivity index (χ0n) is 21.3. The molecule has 1 unspecified atom stereocenters. The van der Waals surface area contributed by atoms with Gasteiger partial charge in [-0.3, -0.25) is 4.68 Å². The monoisotopic (exact) mass is 510 g/mol. The Morgan fingerprint density at radius 3 is 2.59 bits per heavy atom. The van der Waals surface area contributed by atoms with Crippen molar-refractivity contribution in [2.75, 3.05) is 26.9 Å². The molecule has 0 saturated heterocycles. The van der Waals surface area contributed by atoms with Crippen molar-refractivity contribution in [2.24, 2.45) is 0 Å². The second-order valence-electron chi connectivity index (χ2n) is 8.41. The number of ether oxygens (including phenoxy) is 4. The molecule has 0 saturated carbocycles. The number of amides is 1. The lowest BCUT2D eigenvalue weighted by Gasteiger charge is -2.12. The highest BCUT2D eigenvalue weighted by Gasteiger charge is 2.14. The molecule has 0 spiro atoms. The molecule has 198 valence electrons. The van der Waals surface area contributed by atoms with Gasteiger partial charge in [-0.25, -0.2) is 9.59 Å². The van der Waals surface area contributed by atoms with Crippen molar-refractivity contribution in [1.82, 2.24) is 20.3 Å². The van der Waals surface area contributed by atoms with Crippen LogP contribution in [0.25, 0.3) is 0 Å². The SMILES string of the molecule is COCCOC(=O)c1ccccc1OCCCCn1cc(CC(C)OC(=O)NCc2ccccc2)nn1. The van der Waals surface area contributed by atoms with Crippen LogP contribution >= 0.6 is 0 Å². The molecule has 0 radical (unpaired) electrons. The molecule has 2 aromatic carbocycles. The Kier molecular flexibility index (Phi) is 11.4. The molecule has 0 aliphatic carbocycles. The van der Waals surface area contributed by atoms with E-state index in [2.05, 4.69) is 15.6 Å². The van der Waals surface area contributed by atoms with Crippen molar-refractivity contribution in [3.63, 3.8) is 0 Å². The zero-order chi connectivity index (χ0) is 26.3. The van der Waals surface area contributed by atoms with Crippen molar-refractivity contribution in [1.29, 1.82) is 0 Å². The average molecular weight is 511 g/mol. The second-order valence-corrected chi connectivity index (χ2v) is 8.41. The second kappa shape index (κ2) is 15.2. The summed E-state index contributed by atoms with van der Waals surface area (Å²) in [5.41, 5.74) is 2.15. The third-order valence-electron chi connectivity index (χ3n) is 5.34. The molecule has 1 N–H and O–H groups in total. The molecule has 3 rings (SSSR count). The number of carbonyl (C=O) groups is 2. The van der Waals surface area contributed by atoms with E-state index in [-0.39, 0.29) is 12.7 Å². The molecule has 1 atom stereocenters. The molecule has 37 heavy (non-hydrogen) atoms. The third kappa shape index (κ3) is 9.92. The highest BCUT2D eigenvalue weighted by molar-refractivity contribution is 5.92. The minimum Gasteiger partial charge on any atom is -0.493 e. The van der Waals surface area contributed by atoms with Crippen LogP contribution in [0.3, 0.4) is 0 Å². The van der Waals surface area contributed by atoms with Crippen LogP contribution in [0, 0.1) is 0 Å². The highest BCUT2D eigenvalue weighted by Crippen LogP contribution is 2.19. The molecule has 0 fully saturated rings. The molecule has 3 aromatic rings. The summed E-state index contributed by atoms with van der Waals surface area (Å²) in [6.45, 7) is 3.89. The maximum absolute atomic E-state index is 12.2. The van der Waals surface area contributed by atoms with Crippen LogP contribution in [0.5, 0.6) is 5.75 Å². The van der Waals surface area contributed by atoms with E-state index < -0.39 is 12.1 Å². The number of aryl methyl sites for hydroxylation is 1. The van der Waals surface area contributed by atoms with E-state index in [1.165, 1.54) is 0 Å². The molecule has 10 heteroatoms. The van der Waals surface area contributed by atoms with Gasteiger partial charge in [-0.15, -0.1) is 5.10 Å². The number of benzene rings is 2. The third-order valence-corrected chi connectivity index (χ3v) is 5.34. The van der Waals surface area contributed by atoms with Crippen LogP contribution in [-0.2, 0) is 33.7 Å². The maximum Gasteiger partial charge on any atom is 0.407 e. The van der Waals surface area contributed by atoms with E-state index in [1.807, 2.05) is 49.5 Å². The number of unbranched alkanes of at least 4 members (excludes halogenated alkanes) is 1. The Labute approximate surface area is 216 Å². The van der Waals surface area contributed by atoms with Gasteiger partial charge in [0.2, 0.25) is 0 Å². The number of carbonyl (C=O) groups excluding carboxylic acids is 2. The number of aromatic nitrogens is 3. The predicted octanol–water partition coefficient (Wildman–Crippen LogP) is 3.80. The molecule has 10 nitrogen and oxygen atoms in total. The molecule has 0 bridgehead atoms. The number of alkyl carbamates (subject to hydrolysis) is 1. The van der Waals surface area contributed by atoms with Crippen LogP contribution in [0.2, 0.25) is 0 Å². The van der Waals surface area contributed by atoms with E-state index in [9.17, 15) is 9.59 Å². The van der Waals surface area contributed by atoms with Gasteiger partial charge in [-0.05, 0) is 37.5 Å². The summed E-state index contributed by atoms with van der Waals surface area (Å²) in [4.78, 5) is 24.3. The van der Waals surface area contributed by atoms with Gasteiger partial charge in [0.15, 0.2) is 0 Å². The zero-order valence-corrected chi connectivity index (χ0v) is 21.3. The topological polar surface area (TPSA) is 114 Å². The van der Waals surface area contributed by atoms with E-state index in [4.69, 9.17) is 18.9 Å². The molecule has 1 heterocycles. The maximum atomic E-state index is 12.2. The minimum absolute atomic E-state index is 0.190. The summed E-state index contributed by atoms with van der Waals surface area (Å²) in [6, 6.07) is 16.7. The molecular formula is C27H34N4O6. The quantitative estimate of drug-likeness (QED) is 0.243. The van der Waals surface area contributed by atoms with Crippen molar-refractivity contribution in [2.45, 2.75) is 45.4 Å². The Bertz CT molecular complexity index is 1110. The first kappa shape index (κ1) is 27.7. The number of rotatable bonds is 15. The van der Waals surface area contributed by atoms with E-state index in [1.54, 1.807) is 30.0 Å². The van der Waals surface area contributed by atoms with Gasteiger partial charge in [0.25, 0.3) is 0 Å². The van der Waals surface area contributed by atoms with Crippen molar-refractivity contribution < 1.29 is 28.5 Å². The fraction of sp³-hybridized carbons (Fsp3) is 0.407. The van der Waals surface area contributed by atoms with Gasteiger partial charge in [0, 0.05) is 32.8 Å². The van der Waals surface area contributed by atoms with E-state index in [0.717, 1.165) is 24.1 Å². The van der Waals surface area contributed by atoms with Gasteiger partial charge >= 0.3 is 12.1 Å². The van der Waals surface area contributed by atoms with Gasteiger partial charge in [0.05, 0.1) is 18.9 Å². The first-order valence-electron chi connectivity index (χ1n) is 12.3. The largest absolute Gasteiger partial charge is 0.493 e. The minimum atomic E-state index is -0.464. The molecule has 0 aliphatic heterocycles. The van der Waals surface area contributed by atoms with E-state index in [0.29, 0.717) is 44.0 Å². The Morgan fingerprint density at radius 2 is 1.78 bits per heavy atom. The van der Waals surface area contributed by atoms with Gasteiger partial charge in [-0.1, -0.05) is 47.7 Å². The standard InChI is InChI=1S/C27H34N4O6/c1-21(37-27(33)28-19-22-10-4-3-5-11-22)18-23-20-31(30-29-23)14-8-9-15-35-25-13-7-6-12-24(25)26(32)36-17-16-34-2/h3-7,10-13,20-21H,8-9,14-19H2,1-2H3,(H,28,33). The van der Waals surface area contributed by atoms with Crippen LogP contribution in [0.1, 0.15) is 41.4 Å². The first-order valence-corrected chi connectivity index (χ1v) is 12.3. The summed E-state index contributed by atoms with van der Waals surface area (Å²) in [5.74, 6) is 0.0597. The Hall–Kier alpha value is -3.92. The molecular weight excluding hydrogens is 476 g/mol. The summed E-state index contributed by atoms with van der Waals surface area (Å²) >= 11 is 0. The number of methoxy groups -OCH3 is 1. The lowest BCUT2D eigenvalue weighted by Crippen LogP contribution is -2.28. The molecule has 1 amide bonds. The van der Waals surface area contributed by atoms with Crippen molar-refractivity contribution in [3.05, 3.63) is 77.6 Å². The Morgan fingerprint density at radius 1 is 1.00 bits per heavy atom. The van der Waals surface area contributed by atoms with Crippen LogP contribution in [0.15, 0.2) is 60.8 Å². The average Bonchev–Trinajstić information content (AvgIpc) is 3.35. The van der Waals surface area contributed by atoms with Crippen molar-refractivity contribution in [3.8, 4) is 5.75 Å². The number of hydrogen-bond acceptors (Lipinski definition) is 8.